The van der Waals surface area contributed by atoms with Crippen LogP contribution in [0.5, 0.6) is 11.5 Å². The van der Waals surface area contributed by atoms with Gasteiger partial charge in [0.2, 0.25) is 0 Å². The summed E-state index contributed by atoms with van der Waals surface area (Å²) in [4.78, 5) is 8.79. The molecule has 2 atom stereocenters. The first-order valence-electron chi connectivity index (χ1n) is 10.6. The van der Waals surface area contributed by atoms with Crippen LogP contribution in [-0.2, 0) is 11.2 Å². The Labute approximate surface area is 177 Å². The van der Waals surface area contributed by atoms with Gasteiger partial charge in [-0.2, -0.15) is 0 Å². The molecule has 30 heavy (non-hydrogen) atoms. The van der Waals surface area contributed by atoms with Crippen LogP contribution in [0, 0.1) is 5.92 Å². The quantitative estimate of drug-likeness (QED) is 0.548. The highest BCUT2D eigenvalue weighted by Gasteiger charge is 2.31. The third-order valence-electron chi connectivity index (χ3n) is 5.30. The topological polar surface area (TPSA) is 58.4 Å². The van der Waals surface area contributed by atoms with Gasteiger partial charge in [-0.3, -0.25) is 4.98 Å². The van der Waals surface area contributed by atoms with Crippen LogP contribution in [0.25, 0.3) is 11.4 Å². The SMILES string of the molecule is CCOc1cc(-c2nccn2[C@@H]2COC[C@H]2Cc2ccncc2)ccc1OC(C)C. The summed E-state index contributed by atoms with van der Waals surface area (Å²) >= 11 is 0. The summed E-state index contributed by atoms with van der Waals surface area (Å²) < 4.78 is 19.9. The fourth-order valence-corrected chi connectivity index (χ4v) is 3.98. The molecule has 1 aliphatic rings. The van der Waals surface area contributed by atoms with E-state index >= 15 is 0 Å². The molecule has 0 N–H and O–H groups in total. The second-order valence-electron chi connectivity index (χ2n) is 7.84. The van der Waals surface area contributed by atoms with E-state index in [4.69, 9.17) is 14.2 Å². The predicted octanol–water partition coefficient (Wildman–Crippen LogP) is 4.56. The molecule has 0 bridgehead atoms. The molecular weight excluding hydrogens is 378 g/mol. The minimum atomic E-state index is 0.0848. The second-order valence-corrected chi connectivity index (χ2v) is 7.84. The van der Waals surface area contributed by atoms with Crippen molar-refractivity contribution in [3.63, 3.8) is 0 Å². The lowest BCUT2D eigenvalue weighted by atomic mass is 9.95. The third kappa shape index (κ3) is 4.49. The van der Waals surface area contributed by atoms with Gasteiger partial charge in [0.15, 0.2) is 11.5 Å². The van der Waals surface area contributed by atoms with Gasteiger partial charge in [0.25, 0.3) is 0 Å². The number of hydrogen-bond acceptors (Lipinski definition) is 5. The lowest BCUT2D eigenvalue weighted by Gasteiger charge is -2.22. The lowest BCUT2D eigenvalue weighted by molar-refractivity contribution is 0.181. The molecule has 6 heteroatoms. The van der Waals surface area contributed by atoms with Crippen molar-refractivity contribution in [2.75, 3.05) is 19.8 Å². The number of benzene rings is 1. The third-order valence-corrected chi connectivity index (χ3v) is 5.30. The summed E-state index contributed by atoms with van der Waals surface area (Å²) in [6.45, 7) is 8.02. The van der Waals surface area contributed by atoms with Gasteiger partial charge in [-0.15, -0.1) is 0 Å². The van der Waals surface area contributed by atoms with Crippen molar-refractivity contribution < 1.29 is 14.2 Å². The molecule has 0 saturated carbocycles. The molecule has 4 rings (SSSR count). The minimum absolute atomic E-state index is 0.0848. The molecule has 0 unspecified atom stereocenters. The Hall–Kier alpha value is -2.86. The molecule has 1 aliphatic heterocycles. The number of nitrogens with zero attached hydrogens (tertiary/aromatic N) is 3. The zero-order valence-corrected chi connectivity index (χ0v) is 17.8. The number of rotatable bonds is 8. The van der Waals surface area contributed by atoms with Crippen LogP contribution in [0.1, 0.15) is 32.4 Å². The normalized spacial score (nSPS) is 18.7. The van der Waals surface area contributed by atoms with Crippen molar-refractivity contribution in [3.8, 4) is 22.9 Å². The van der Waals surface area contributed by atoms with Crippen molar-refractivity contribution in [1.29, 1.82) is 0 Å². The Morgan fingerprint density at radius 3 is 2.70 bits per heavy atom. The van der Waals surface area contributed by atoms with Crippen molar-refractivity contribution in [2.45, 2.75) is 39.3 Å². The molecule has 2 aromatic heterocycles. The van der Waals surface area contributed by atoms with Crippen LogP contribution in [0.3, 0.4) is 0 Å². The maximum atomic E-state index is 5.91. The second kappa shape index (κ2) is 9.30. The van der Waals surface area contributed by atoms with Gasteiger partial charge in [0.05, 0.1) is 32.0 Å². The molecule has 158 valence electrons. The van der Waals surface area contributed by atoms with Crippen LogP contribution in [0.2, 0.25) is 0 Å². The van der Waals surface area contributed by atoms with Crippen molar-refractivity contribution in [1.82, 2.24) is 14.5 Å². The highest BCUT2D eigenvalue weighted by atomic mass is 16.5. The monoisotopic (exact) mass is 407 g/mol. The van der Waals surface area contributed by atoms with Gasteiger partial charge in [-0.25, -0.2) is 4.98 Å². The van der Waals surface area contributed by atoms with Gasteiger partial charge in [-0.1, -0.05) is 0 Å². The maximum Gasteiger partial charge on any atom is 0.161 e. The van der Waals surface area contributed by atoms with E-state index in [1.165, 1.54) is 5.56 Å². The molecule has 3 heterocycles. The fraction of sp³-hybridized carbons (Fsp3) is 0.417. The fourth-order valence-electron chi connectivity index (χ4n) is 3.98. The first-order valence-corrected chi connectivity index (χ1v) is 10.6. The zero-order chi connectivity index (χ0) is 20.9. The summed E-state index contributed by atoms with van der Waals surface area (Å²) in [5.41, 5.74) is 2.29. The number of pyridine rings is 1. The van der Waals surface area contributed by atoms with E-state index in [-0.39, 0.29) is 12.1 Å². The van der Waals surface area contributed by atoms with E-state index in [9.17, 15) is 0 Å². The number of ether oxygens (including phenoxy) is 3. The highest BCUT2D eigenvalue weighted by molar-refractivity contribution is 5.62. The van der Waals surface area contributed by atoms with Crippen molar-refractivity contribution in [3.05, 3.63) is 60.7 Å². The molecule has 0 amide bonds. The van der Waals surface area contributed by atoms with E-state index in [2.05, 4.69) is 26.7 Å². The van der Waals surface area contributed by atoms with Crippen LogP contribution in [-0.4, -0.2) is 40.5 Å². The van der Waals surface area contributed by atoms with Crippen molar-refractivity contribution >= 4 is 0 Å². The smallest absolute Gasteiger partial charge is 0.161 e. The van der Waals surface area contributed by atoms with E-state index in [0.717, 1.165) is 35.9 Å². The Balaban J connectivity index is 1.62. The number of hydrogen-bond donors (Lipinski definition) is 0. The van der Waals surface area contributed by atoms with Gasteiger partial charge in [0.1, 0.15) is 5.82 Å². The van der Waals surface area contributed by atoms with Gasteiger partial charge in [-0.05, 0) is 63.1 Å². The van der Waals surface area contributed by atoms with Gasteiger partial charge >= 0.3 is 0 Å². The molecule has 0 spiro atoms. The van der Waals surface area contributed by atoms with Gasteiger partial charge < -0.3 is 18.8 Å². The first-order chi connectivity index (χ1) is 14.7. The summed E-state index contributed by atoms with van der Waals surface area (Å²) in [5, 5.41) is 0. The predicted molar refractivity (Wildman–Crippen MR) is 116 cm³/mol. The standard InChI is InChI=1S/C24H29N3O3/c1-4-29-23-14-19(5-6-22(23)30-17(2)3)24-26-11-12-27(24)21-16-28-15-20(21)13-18-7-9-25-10-8-18/h5-12,14,17,20-21H,4,13,15-16H2,1-3H3/t20-,21-/m1/s1. The Bertz CT molecular complexity index is 955. The Morgan fingerprint density at radius 2 is 1.93 bits per heavy atom. The van der Waals surface area contributed by atoms with E-state index < -0.39 is 0 Å². The van der Waals surface area contributed by atoms with E-state index in [1.807, 2.05) is 63.8 Å². The molecule has 1 fully saturated rings. The Kier molecular flexibility index (Phi) is 6.33. The summed E-state index contributed by atoms with van der Waals surface area (Å²) in [6, 6.07) is 10.4. The number of aromatic nitrogens is 3. The van der Waals surface area contributed by atoms with Crippen LogP contribution in [0.4, 0.5) is 0 Å². The van der Waals surface area contributed by atoms with E-state index in [0.29, 0.717) is 19.1 Å². The first kappa shape index (κ1) is 20.4. The molecule has 1 saturated heterocycles. The van der Waals surface area contributed by atoms with E-state index in [1.54, 1.807) is 0 Å². The molecule has 1 aromatic carbocycles. The molecule has 3 aromatic rings. The molecule has 6 nitrogen and oxygen atoms in total. The molecular formula is C24H29N3O3. The summed E-state index contributed by atoms with van der Waals surface area (Å²) in [7, 11) is 0. The maximum absolute atomic E-state index is 5.91. The number of imidazole rings is 1. The Morgan fingerprint density at radius 1 is 1.10 bits per heavy atom. The molecule has 0 aliphatic carbocycles. The average molecular weight is 408 g/mol. The zero-order valence-electron chi connectivity index (χ0n) is 17.8. The highest BCUT2D eigenvalue weighted by Crippen LogP contribution is 2.36. The average Bonchev–Trinajstić information content (AvgIpc) is 3.39. The van der Waals surface area contributed by atoms with Crippen LogP contribution < -0.4 is 9.47 Å². The lowest BCUT2D eigenvalue weighted by Crippen LogP contribution is -2.20. The van der Waals surface area contributed by atoms with Gasteiger partial charge in [0, 0.05) is 36.3 Å². The molecule has 0 radical (unpaired) electrons. The van der Waals surface area contributed by atoms with Crippen LogP contribution in [0.15, 0.2) is 55.1 Å². The summed E-state index contributed by atoms with van der Waals surface area (Å²) in [5.74, 6) is 2.81. The minimum Gasteiger partial charge on any atom is -0.490 e. The van der Waals surface area contributed by atoms with Crippen molar-refractivity contribution in [2.24, 2.45) is 5.92 Å². The summed E-state index contributed by atoms with van der Waals surface area (Å²) in [6.07, 6.45) is 8.64. The van der Waals surface area contributed by atoms with Crippen LogP contribution >= 0.6 is 0 Å². The largest absolute Gasteiger partial charge is 0.490 e.